The van der Waals surface area contributed by atoms with Gasteiger partial charge in [0.05, 0.1) is 6.61 Å². The van der Waals surface area contributed by atoms with E-state index in [0.717, 1.165) is 15.9 Å². The molecular weight excluding hydrogens is 563 g/mol. The summed E-state index contributed by atoms with van der Waals surface area (Å²) in [5, 5.41) is 20.0. The molecule has 0 aliphatic rings. The van der Waals surface area contributed by atoms with E-state index in [1.807, 2.05) is 42.7 Å². The van der Waals surface area contributed by atoms with Gasteiger partial charge in [-0.15, -0.1) is 10.2 Å². The van der Waals surface area contributed by atoms with Gasteiger partial charge in [0, 0.05) is 26.2 Å². The van der Waals surface area contributed by atoms with Crippen molar-refractivity contribution in [2.24, 2.45) is 0 Å². The molecule has 1 aromatic heterocycles. The van der Waals surface area contributed by atoms with Crippen molar-refractivity contribution >= 4 is 27.7 Å². The molecule has 1 heterocycles. The van der Waals surface area contributed by atoms with Crippen LogP contribution in [0.25, 0.3) is 5.69 Å². The molecule has 0 fully saturated rings. The Morgan fingerprint density at radius 3 is 2.57 bits per heavy atom. The first kappa shape index (κ1) is 26.6. The third kappa shape index (κ3) is 6.66. The highest BCUT2D eigenvalue weighted by atomic mass is 79.9. The van der Waals surface area contributed by atoms with Crippen molar-refractivity contribution in [2.75, 3.05) is 13.2 Å². The first-order valence-corrected chi connectivity index (χ1v) is 13.1. The molecular formula is C26H24BrFN4O4S. The molecule has 0 unspecified atom stereocenters. The van der Waals surface area contributed by atoms with Crippen molar-refractivity contribution < 1.29 is 18.8 Å². The van der Waals surface area contributed by atoms with E-state index in [1.165, 1.54) is 17.8 Å². The second-order valence-corrected chi connectivity index (χ2v) is 10.1. The fourth-order valence-electron chi connectivity index (χ4n) is 3.71. The molecule has 0 radical (unpaired) electrons. The van der Waals surface area contributed by atoms with Crippen LogP contribution in [0, 0.1) is 22.9 Å². The van der Waals surface area contributed by atoms with Gasteiger partial charge in [-0.25, -0.2) is 4.39 Å². The highest BCUT2D eigenvalue weighted by molar-refractivity contribution is 9.10. The topological polar surface area (TPSA) is 92.3 Å². The number of halogens is 2. The van der Waals surface area contributed by atoms with Crippen molar-refractivity contribution in [3.8, 4) is 17.2 Å². The van der Waals surface area contributed by atoms with Crippen LogP contribution in [0.15, 0.2) is 76.4 Å². The molecule has 11 heteroatoms. The average Bonchev–Trinajstić information content (AvgIpc) is 3.24. The maximum absolute atomic E-state index is 14.1. The Morgan fingerprint density at radius 2 is 1.86 bits per heavy atom. The SMILES string of the molecule is CCOc1ccc(-n2c(C)nnc2S[C@H](C[N+](=O)[O-])c2cc(Br)ccc2OCc2ccccc2F)cc1. The van der Waals surface area contributed by atoms with E-state index in [0.29, 0.717) is 34.5 Å². The highest BCUT2D eigenvalue weighted by Crippen LogP contribution is 2.41. The van der Waals surface area contributed by atoms with E-state index in [9.17, 15) is 14.5 Å². The first-order chi connectivity index (χ1) is 17.9. The van der Waals surface area contributed by atoms with Crippen molar-refractivity contribution in [1.82, 2.24) is 14.8 Å². The summed E-state index contributed by atoms with van der Waals surface area (Å²) >= 11 is 4.68. The van der Waals surface area contributed by atoms with Crippen LogP contribution < -0.4 is 9.47 Å². The monoisotopic (exact) mass is 586 g/mol. The molecule has 192 valence electrons. The predicted octanol–water partition coefficient (Wildman–Crippen LogP) is 6.57. The number of nitrogens with zero attached hydrogens (tertiary/aromatic N) is 4. The van der Waals surface area contributed by atoms with Crippen molar-refractivity contribution in [3.05, 3.63) is 104 Å². The summed E-state index contributed by atoms with van der Waals surface area (Å²) in [6.07, 6.45) is 0. The molecule has 4 aromatic rings. The molecule has 4 rings (SSSR count). The van der Waals surface area contributed by atoms with Crippen LogP contribution in [-0.4, -0.2) is 32.8 Å². The van der Waals surface area contributed by atoms with Gasteiger partial charge >= 0.3 is 0 Å². The minimum Gasteiger partial charge on any atom is -0.494 e. The van der Waals surface area contributed by atoms with Gasteiger partial charge < -0.3 is 9.47 Å². The van der Waals surface area contributed by atoms with E-state index < -0.39 is 5.25 Å². The van der Waals surface area contributed by atoms with Gasteiger partial charge in [-0.3, -0.25) is 14.7 Å². The molecule has 0 aliphatic carbocycles. The van der Waals surface area contributed by atoms with Crippen molar-refractivity contribution in [3.63, 3.8) is 0 Å². The van der Waals surface area contributed by atoms with E-state index in [1.54, 1.807) is 36.4 Å². The molecule has 0 N–H and O–H groups in total. The van der Waals surface area contributed by atoms with E-state index >= 15 is 0 Å². The lowest BCUT2D eigenvalue weighted by Gasteiger charge is -2.18. The summed E-state index contributed by atoms with van der Waals surface area (Å²) in [6, 6.07) is 19.1. The fourth-order valence-corrected chi connectivity index (χ4v) is 5.28. The summed E-state index contributed by atoms with van der Waals surface area (Å²) in [7, 11) is 0. The van der Waals surface area contributed by atoms with Gasteiger partial charge in [0.25, 0.3) is 0 Å². The zero-order chi connectivity index (χ0) is 26.4. The number of rotatable bonds is 11. The number of nitro groups is 1. The van der Waals surface area contributed by atoms with Gasteiger partial charge in [-0.05, 0) is 62.4 Å². The lowest BCUT2D eigenvalue weighted by molar-refractivity contribution is -0.479. The smallest absolute Gasteiger partial charge is 0.220 e. The second-order valence-electron chi connectivity index (χ2n) is 7.98. The van der Waals surface area contributed by atoms with Gasteiger partial charge in [0.1, 0.15) is 35.0 Å². The van der Waals surface area contributed by atoms with E-state index in [4.69, 9.17) is 9.47 Å². The maximum atomic E-state index is 14.1. The molecule has 0 spiro atoms. The molecule has 3 aromatic carbocycles. The lowest BCUT2D eigenvalue weighted by Crippen LogP contribution is -2.13. The molecule has 8 nitrogen and oxygen atoms in total. The van der Waals surface area contributed by atoms with Crippen molar-refractivity contribution in [1.29, 1.82) is 0 Å². The molecule has 37 heavy (non-hydrogen) atoms. The van der Waals surface area contributed by atoms with E-state index in [2.05, 4.69) is 26.1 Å². The molecule has 0 aliphatic heterocycles. The summed E-state index contributed by atoms with van der Waals surface area (Å²) in [6.45, 7) is 3.89. The van der Waals surface area contributed by atoms with Crippen molar-refractivity contribution in [2.45, 2.75) is 30.9 Å². The Labute approximate surface area is 226 Å². The second kappa shape index (κ2) is 12.2. The van der Waals surface area contributed by atoms with Crippen LogP contribution in [0.4, 0.5) is 4.39 Å². The van der Waals surface area contributed by atoms with Gasteiger partial charge in [0.15, 0.2) is 5.16 Å². The predicted molar refractivity (Wildman–Crippen MR) is 143 cm³/mol. The Hall–Kier alpha value is -3.44. The maximum Gasteiger partial charge on any atom is 0.220 e. The minimum absolute atomic E-state index is 0.0153. The van der Waals surface area contributed by atoms with Crippen LogP contribution in [0.2, 0.25) is 0 Å². The summed E-state index contributed by atoms with van der Waals surface area (Å²) in [5.41, 5.74) is 1.78. The standard InChI is InChI=1S/C26H24BrFN4O4S/c1-3-35-21-11-9-20(10-12-21)32-17(2)29-30-26(32)37-25(15-31(33)34)22-14-19(27)8-13-24(22)36-16-18-6-4-5-7-23(18)28/h4-14,25H,3,15-16H2,1-2H3/t25-/m1/s1. The molecule has 0 saturated heterocycles. The average molecular weight is 587 g/mol. The molecule has 1 atom stereocenters. The normalized spacial score (nSPS) is 11.8. The quantitative estimate of drug-likeness (QED) is 0.111. The number of ether oxygens (including phenoxy) is 2. The molecule has 0 saturated carbocycles. The summed E-state index contributed by atoms with van der Waals surface area (Å²) < 4.78 is 28.2. The third-order valence-electron chi connectivity index (χ3n) is 5.42. The fraction of sp³-hybridized carbons (Fsp3) is 0.231. The number of hydrogen-bond donors (Lipinski definition) is 0. The Kier molecular flexibility index (Phi) is 8.78. The number of aryl methyl sites for hydroxylation is 1. The number of hydrogen-bond acceptors (Lipinski definition) is 7. The van der Waals surface area contributed by atoms with Gasteiger partial charge in [-0.2, -0.15) is 0 Å². The number of thioether (sulfide) groups is 1. The van der Waals surface area contributed by atoms with Crippen LogP contribution in [-0.2, 0) is 6.61 Å². The Balaban J connectivity index is 1.66. The van der Waals surface area contributed by atoms with Crippen LogP contribution >= 0.6 is 27.7 Å². The largest absolute Gasteiger partial charge is 0.494 e. The molecule has 0 bridgehead atoms. The number of aromatic nitrogens is 3. The third-order valence-corrected chi connectivity index (χ3v) is 7.08. The van der Waals surface area contributed by atoms with Crippen LogP contribution in [0.1, 0.15) is 29.1 Å². The zero-order valence-corrected chi connectivity index (χ0v) is 22.5. The van der Waals surface area contributed by atoms with Crippen LogP contribution in [0.3, 0.4) is 0 Å². The molecule has 0 amide bonds. The zero-order valence-electron chi connectivity index (χ0n) is 20.1. The lowest BCUT2D eigenvalue weighted by atomic mass is 10.1. The van der Waals surface area contributed by atoms with E-state index in [-0.39, 0.29) is 23.9 Å². The minimum atomic E-state index is -0.659. The Bertz CT molecular complexity index is 1380. The summed E-state index contributed by atoms with van der Waals surface area (Å²) in [5.74, 6) is 1.42. The first-order valence-electron chi connectivity index (χ1n) is 11.4. The Morgan fingerprint density at radius 1 is 1.11 bits per heavy atom. The highest BCUT2D eigenvalue weighted by Gasteiger charge is 2.27. The number of benzene rings is 3. The van der Waals surface area contributed by atoms with Gasteiger partial charge in [-0.1, -0.05) is 45.9 Å². The summed E-state index contributed by atoms with van der Waals surface area (Å²) in [4.78, 5) is 11.3. The van der Waals surface area contributed by atoms with Crippen LogP contribution in [0.5, 0.6) is 11.5 Å². The van der Waals surface area contributed by atoms with Gasteiger partial charge in [0.2, 0.25) is 6.54 Å².